The molecule has 0 saturated carbocycles. The second-order valence-electron chi connectivity index (χ2n) is 5.16. The molecule has 19 heavy (non-hydrogen) atoms. The molecule has 1 aromatic carbocycles. The lowest BCUT2D eigenvalue weighted by atomic mass is 10.0. The Balaban J connectivity index is 2.24. The molecule has 0 aliphatic carbocycles. The highest BCUT2D eigenvalue weighted by molar-refractivity contribution is 5.78. The van der Waals surface area contributed by atoms with Gasteiger partial charge in [-0.1, -0.05) is 37.3 Å². The third-order valence-corrected chi connectivity index (χ3v) is 3.29. The fraction of sp³-hybridized carbons (Fsp3) is 0.533. The number of nitrogens with two attached hydrogens (primary N) is 1. The number of hydrogen-bond donors (Lipinski definition) is 2. The average molecular weight is 263 g/mol. The summed E-state index contributed by atoms with van der Waals surface area (Å²) in [6.07, 6.45) is 0. The molecule has 0 aliphatic heterocycles. The molecule has 1 aromatic rings. The molecule has 4 nitrogen and oxygen atoms in total. The lowest BCUT2D eigenvalue weighted by molar-refractivity contribution is -0.124. The molecule has 0 spiro atoms. The summed E-state index contributed by atoms with van der Waals surface area (Å²) in [5, 5.41) is 2.92. The predicted molar refractivity (Wildman–Crippen MR) is 78.6 cm³/mol. The number of nitrogens with one attached hydrogen (secondary N) is 1. The Morgan fingerprint density at radius 2 is 1.95 bits per heavy atom. The van der Waals surface area contributed by atoms with Crippen molar-refractivity contribution < 1.29 is 4.79 Å². The Labute approximate surface area is 116 Å². The van der Waals surface area contributed by atoms with E-state index in [0.717, 1.165) is 13.1 Å². The molecule has 1 amide bonds. The van der Waals surface area contributed by atoms with E-state index in [-0.39, 0.29) is 17.9 Å². The largest absolute Gasteiger partial charge is 0.355 e. The van der Waals surface area contributed by atoms with Crippen LogP contribution in [0.2, 0.25) is 0 Å². The maximum Gasteiger partial charge on any atom is 0.224 e. The van der Waals surface area contributed by atoms with E-state index in [0.29, 0.717) is 6.54 Å². The maximum atomic E-state index is 11.7. The molecule has 0 fully saturated rings. The van der Waals surface area contributed by atoms with Crippen LogP contribution in [0.3, 0.4) is 0 Å². The summed E-state index contributed by atoms with van der Waals surface area (Å²) in [5.74, 6) is -0.109. The van der Waals surface area contributed by atoms with Crippen molar-refractivity contribution in [1.82, 2.24) is 10.2 Å². The van der Waals surface area contributed by atoms with Crippen molar-refractivity contribution in [3.8, 4) is 0 Å². The van der Waals surface area contributed by atoms with E-state index < -0.39 is 0 Å². The van der Waals surface area contributed by atoms with Crippen molar-refractivity contribution in [1.29, 1.82) is 0 Å². The molecular weight excluding hydrogens is 238 g/mol. The first-order chi connectivity index (χ1) is 9.00. The van der Waals surface area contributed by atoms with Crippen LogP contribution in [-0.4, -0.2) is 37.0 Å². The summed E-state index contributed by atoms with van der Waals surface area (Å²) in [4.78, 5) is 13.9. The van der Waals surface area contributed by atoms with Gasteiger partial charge in [-0.05, 0) is 19.5 Å². The van der Waals surface area contributed by atoms with Crippen molar-refractivity contribution in [2.24, 2.45) is 11.7 Å². The van der Waals surface area contributed by atoms with Gasteiger partial charge in [0.1, 0.15) is 0 Å². The van der Waals surface area contributed by atoms with Crippen LogP contribution in [0.25, 0.3) is 0 Å². The summed E-state index contributed by atoms with van der Waals surface area (Å²) < 4.78 is 0. The standard InChI is InChI=1S/C15H25N3O/c1-12(13(2)16)15(19)17-9-10-18(3)11-14-7-5-4-6-8-14/h4-8,12-13H,9-11,16H2,1-3H3,(H,17,19). The maximum absolute atomic E-state index is 11.7. The minimum Gasteiger partial charge on any atom is -0.355 e. The van der Waals surface area contributed by atoms with E-state index in [1.165, 1.54) is 5.56 Å². The van der Waals surface area contributed by atoms with Gasteiger partial charge < -0.3 is 16.0 Å². The normalized spacial score (nSPS) is 14.2. The molecule has 0 aromatic heterocycles. The van der Waals surface area contributed by atoms with Crippen LogP contribution < -0.4 is 11.1 Å². The first-order valence-corrected chi connectivity index (χ1v) is 6.76. The Bertz CT molecular complexity index is 378. The minimum absolute atomic E-state index is 0.0307. The molecule has 3 N–H and O–H groups in total. The molecule has 0 saturated heterocycles. The summed E-state index contributed by atoms with van der Waals surface area (Å²) >= 11 is 0. The second kappa shape index (κ2) is 7.92. The van der Waals surface area contributed by atoms with E-state index in [9.17, 15) is 4.79 Å². The Kier molecular flexibility index (Phi) is 6.53. The fourth-order valence-electron chi connectivity index (χ4n) is 1.74. The number of carbonyl (C=O) groups is 1. The lowest BCUT2D eigenvalue weighted by Gasteiger charge is -2.19. The van der Waals surface area contributed by atoms with Crippen molar-refractivity contribution in [3.63, 3.8) is 0 Å². The van der Waals surface area contributed by atoms with E-state index in [1.807, 2.05) is 39.1 Å². The highest BCUT2D eigenvalue weighted by atomic mass is 16.1. The van der Waals surface area contributed by atoms with Gasteiger partial charge in [-0.15, -0.1) is 0 Å². The van der Waals surface area contributed by atoms with Gasteiger partial charge in [0, 0.05) is 31.6 Å². The topological polar surface area (TPSA) is 58.4 Å². The van der Waals surface area contributed by atoms with Crippen LogP contribution in [-0.2, 0) is 11.3 Å². The highest BCUT2D eigenvalue weighted by Gasteiger charge is 2.16. The van der Waals surface area contributed by atoms with Gasteiger partial charge in [-0.3, -0.25) is 4.79 Å². The van der Waals surface area contributed by atoms with Gasteiger partial charge in [0.15, 0.2) is 0 Å². The van der Waals surface area contributed by atoms with E-state index in [2.05, 4.69) is 22.3 Å². The van der Waals surface area contributed by atoms with Crippen molar-refractivity contribution in [3.05, 3.63) is 35.9 Å². The zero-order chi connectivity index (χ0) is 14.3. The minimum atomic E-state index is -0.139. The molecule has 0 aliphatic rings. The Hall–Kier alpha value is -1.39. The lowest BCUT2D eigenvalue weighted by Crippen LogP contribution is -2.41. The molecule has 0 radical (unpaired) electrons. The Morgan fingerprint density at radius 3 is 2.53 bits per heavy atom. The highest BCUT2D eigenvalue weighted by Crippen LogP contribution is 2.02. The molecule has 2 unspecified atom stereocenters. The number of nitrogens with zero attached hydrogens (tertiary/aromatic N) is 1. The molecule has 2 atom stereocenters. The van der Waals surface area contributed by atoms with Crippen LogP contribution >= 0.6 is 0 Å². The van der Waals surface area contributed by atoms with Crippen LogP contribution in [0.1, 0.15) is 19.4 Å². The van der Waals surface area contributed by atoms with Crippen molar-refractivity contribution in [2.75, 3.05) is 20.1 Å². The van der Waals surface area contributed by atoms with Crippen LogP contribution in [0.4, 0.5) is 0 Å². The van der Waals surface area contributed by atoms with Gasteiger partial charge in [0.25, 0.3) is 0 Å². The van der Waals surface area contributed by atoms with Gasteiger partial charge in [-0.2, -0.15) is 0 Å². The quantitative estimate of drug-likeness (QED) is 0.777. The zero-order valence-electron chi connectivity index (χ0n) is 12.1. The molecule has 106 valence electrons. The van der Waals surface area contributed by atoms with Gasteiger partial charge in [0.05, 0.1) is 0 Å². The van der Waals surface area contributed by atoms with Crippen LogP contribution in [0.15, 0.2) is 30.3 Å². The van der Waals surface area contributed by atoms with Crippen LogP contribution in [0, 0.1) is 5.92 Å². The number of benzene rings is 1. The fourth-order valence-corrected chi connectivity index (χ4v) is 1.74. The van der Waals surface area contributed by atoms with E-state index in [4.69, 9.17) is 5.73 Å². The average Bonchev–Trinajstić information content (AvgIpc) is 2.38. The Morgan fingerprint density at radius 1 is 1.32 bits per heavy atom. The van der Waals surface area contributed by atoms with Crippen LogP contribution in [0.5, 0.6) is 0 Å². The number of amides is 1. The van der Waals surface area contributed by atoms with E-state index in [1.54, 1.807) is 0 Å². The second-order valence-corrected chi connectivity index (χ2v) is 5.16. The number of rotatable bonds is 7. The monoisotopic (exact) mass is 263 g/mol. The van der Waals surface area contributed by atoms with Gasteiger partial charge >= 0.3 is 0 Å². The van der Waals surface area contributed by atoms with Crippen molar-refractivity contribution >= 4 is 5.91 Å². The first-order valence-electron chi connectivity index (χ1n) is 6.76. The summed E-state index contributed by atoms with van der Waals surface area (Å²) in [6, 6.07) is 10.2. The molecule has 4 heteroatoms. The van der Waals surface area contributed by atoms with E-state index >= 15 is 0 Å². The van der Waals surface area contributed by atoms with Gasteiger partial charge in [0.2, 0.25) is 5.91 Å². The smallest absolute Gasteiger partial charge is 0.224 e. The molecular formula is C15H25N3O. The zero-order valence-corrected chi connectivity index (χ0v) is 12.1. The first kappa shape index (κ1) is 15.7. The van der Waals surface area contributed by atoms with Crippen molar-refractivity contribution in [2.45, 2.75) is 26.4 Å². The molecule has 0 heterocycles. The predicted octanol–water partition coefficient (Wildman–Crippen LogP) is 1.22. The summed E-state index contributed by atoms with van der Waals surface area (Å²) in [6.45, 7) is 6.07. The third kappa shape index (κ3) is 5.85. The SMILES string of the molecule is CC(N)C(C)C(=O)NCCN(C)Cc1ccccc1. The number of likely N-dealkylation sites (N-methyl/N-ethyl adjacent to an activating group) is 1. The molecule has 0 bridgehead atoms. The van der Waals surface area contributed by atoms with Gasteiger partial charge in [-0.25, -0.2) is 0 Å². The third-order valence-electron chi connectivity index (χ3n) is 3.29. The number of hydrogen-bond acceptors (Lipinski definition) is 3. The summed E-state index contributed by atoms with van der Waals surface area (Å²) in [7, 11) is 2.05. The number of carbonyl (C=O) groups excluding carboxylic acids is 1. The molecule has 1 rings (SSSR count). The summed E-state index contributed by atoms with van der Waals surface area (Å²) in [5.41, 5.74) is 6.98.